The molecule has 11 aromatic carbocycles. The van der Waals surface area contributed by atoms with Gasteiger partial charge in [-0.15, -0.1) is 0 Å². The van der Waals surface area contributed by atoms with Gasteiger partial charge in [0.1, 0.15) is 18.3 Å². The first-order valence-electron chi connectivity index (χ1n) is 47.3. The lowest BCUT2D eigenvalue weighted by molar-refractivity contribution is -0.393. The minimum absolute atomic E-state index is 0.00736. The minimum Gasteiger partial charge on any atom is -0.453 e. The van der Waals surface area contributed by atoms with Crippen LogP contribution in [0.3, 0.4) is 0 Å². The van der Waals surface area contributed by atoms with Gasteiger partial charge in [0.05, 0.1) is 92.2 Å². The fourth-order valence-electron chi connectivity index (χ4n) is 17.1. The van der Waals surface area contributed by atoms with Crippen molar-refractivity contribution in [1.29, 1.82) is 0 Å². The maximum Gasteiger partial charge on any atom is 0.341 e. The molecule has 11 aromatic rings. The molecule has 16 rings (SSSR count). The molecular weight excluding hydrogens is 1870 g/mol. The van der Waals surface area contributed by atoms with Crippen LogP contribution < -0.4 is 0 Å². The Bertz CT molecular complexity index is 6290. The van der Waals surface area contributed by atoms with Crippen LogP contribution in [-0.2, 0) is 99.5 Å². The van der Waals surface area contributed by atoms with E-state index in [4.69, 9.17) is 99.5 Å². The zero-order valence-corrected chi connectivity index (χ0v) is 79.4. The highest BCUT2D eigenvalue weighted by molar-refractivity contribution is 5.96. The van der Waals surface area contributed by atoms with Gasteiger partial charge < -0.3 is 99.5 Å². The van der Waals surface area contributed by atoms with Gasteiger partial charge >= 0.3 is 65.7 Å². The lowest BCUT2D eigenvalue weighted by atomic mass is 9.96. The van der Waals surface area contributed by atoms with Gasteiger partial charge in [0, 0.05) is 19.1 Å². The van der Waals surface area contributed by atoms with Crippen molar-refractivity contribution in [2.24, 2.45) is 0 Å². The van der Waals surface area contributed by atoms with Crippen LogP contribution in [0.1, 0.15) is 173 Å². The van der Waals surface area contributed by atoms with Crippen LogP contribution in [0.4, 0.5) is 0 Å². The molecule has 0 aliphatic carbocycles. The van der Waals surface area contributed by atoms with Crippen molar-refractivity contribution >= 4 is 65.7 Å². The zero-order valence-electron chi connectivity index (χ0n) is 79.4. The van der Waals surface area contributed by atoms with E-state index in [1.807, 2.05) is 6.92 Å². The van der Waals surface area contributed by atoms with Crippen molar-refractivity contribution < 1.29 is 152 Å². The molecule has 0 radical (unpaired) electrons. The monoisotopic (exact) mass is 1970 g/mol. The average molecular weight is 1970 g/mol. The largest absolute Gasteiger partial charge is 0.453 e. The fraction of sp³-hybridized carbons (Fsp3) is 0.301. The highest BCUT2D eigenvalue weighted by Crippen LogP contribution is 2.43. The number of esters is 11. The smallest absolute Gasteiger partial charge is 0.341 e. The lowest BCUT2D eigenvalue weighted by Crippen LogP contribution is -2.68. The number of rotatable bonds is 33. The Morgan fingerprint density at radius 1 is 0.248 bits per heavy atom. The summed E-state index contributed by atoms with van der Waals surface area (Å²) in [6, 6.07) is 83.1. The van der Waals surface area contributed by atoms with Crippen LogP contribution >= 0.6 is 0 Å². The fourth-order valence-corrected chi connectivity index (χ4v) is 17.1. The first kappa shape index (κ1) is 103. The average Bonchev–Trinajstić information content (AvgIpc) is 0.735. The van der Waals surface area contributed by atoms with E-state index in [9.17, 15) is 9.59 Å². The number of carbonyl (C=O) groups is 11. The summed E-state index contributed by atoms with van der Waals surface area (Å²) < 4.78 is 143. The molecule has 748 valence electrons. The number of carbonyl (C=O) groups excluding carboxylic acids is 11. The van der Waals surface area contributed by atoms with E-state index in [-0.39, 0.29) is 66.8 Å². The second-order valence-electron chi connectivity index (χ2n) is 34.4. The molecule has 145 heavy (non-hydrogen) atoms. The Balaban J connectivity index is 0.885. The molecular formula is C113H104O32. The van der Waals surface area contributed by atoms with Crippen LogP contribution in [0.2, 0.25) is 0 Å². The van der Waals surface area contributed by atoms with Gasteiger partial charge in [-0.3, -0.25) is 0 Å². The van der Waals surface area contributed by atoms with Crippen LogP contribution in [0.5, 0.6) is 0 Å². The normalized spacial score (nSPS) is 26.3. The van der Waals surface area contributed by atoms with Crippen LogP contribution in [-0.4, -0.2) is 227 Å². The molecule has 24 atom stereocenters. The summed E-state index contributed by atoms with van der Waals surface area (Å²) in [5, 5.41) is 0. The van der Waals surface area contributed by atoms with Crippen LogP contribution in [0.15, 0.2) is 328 Å². The topological polar surface area (TPSA) is 382 Å². The number of ether oxygens (including phenoxy) is 21. The summed E-state index contributed by atoms with van der Waals surface area (Å²) in [5.74, 6) is -5.14. The quantitative estimate of drug-likeness (QED) is 0.0159. The molecule has 0 unspecified atom stereocenters. The highest BCUT2D eigenvalue weighted by Gasteiger charge is 2.62. The van der Waals surface area contributed by atoms with Crippen molar-refractivity contribution in [3.05, 3.63) is 394 Å². The Hall–Kier alpha value is -15.3. The molecule has 5 saturated heterocycles. The van der Waals surface area contributed by atoms with E-state index in [1.54, 1.807) is 188 Å². The van der Waals surface area contributed by atoms with Crippen molar-refractivity contribution in [3.8, 4) is 11.8 Å². The van der Waals surface area contributed by atoms with Crippen LogP contribution in [0, 0.1) is 11.8 Å². The molecule has 5 aliphatic heterocycles. The third-order valence-corrected chi connectivity index (χ3v) is 24.5. The lowest BCUT2D eigenvalue weighted by Gasteiger charge is -2.51. The molecule has 5 heterocycles. The van der Waals surface area contributed by atoms with Crippen molar-refractivity contribution in [2.75, 3.05) is 13.7 Å². The number of hydrogen-bond acceptors (Lipinski definition) is 32. The molecule has 32 nitrogen and oxygen atoms in total. The number of benzene rings is 11. The first-order valence-corrected chi connectivity index (χ1v) is 47.3. The molecule has 0 spiro atoms. The standard InChI is InChI=1S/C113H104O32/c1-7-8-9-20-43-71-44-41-42-65-82(71)108(124)145-113-96(141-107(123)81-63-39-19-40-64-81)92(87(70(5)130-113)135-101(117)75-51-27-13-28-52-75)142-109-93(143-111-94(139-105(121)79-59-35-17-36-60-79)89(125-6)84(67(2)128-111)132-98(114)72-45-21-10-22-46-72)88(136-102(118)76-53-29-14-30-54-76)83(66-126-109)131-110-97(91(138-104(120)78-57-33-16-34-58-78)86(68(3)127-110)134-100(116)74-49-25-12-26-50-74)144-112-95(140-106(122)80-61-37-18-38-62-80)90(137-103(119)77-55-31-15-32-56-77)85(69(4)129-112)133-99(115)73-47-23-11-24-48-73/h10-19,21-42,44-65,67-70,83-97,109-113H,7-9,66H2,1-6H3/t67-,68-,69-,70-,83-,84-,85+,86-,87-,88+,89+,90+,91+,92+,93-,94-,95-,96-,97-,109+,110+,111+,112+,113-/m1/s1. The van der Waals surface area contributed by atoms with Gasteiger partial charge in [0.15, 0.2) is 98.4 Å². The van der Waals surface area contributed by atoms with Gasteiger partial charge in [0.2, 0.25) is 6.29 Å². The minimum atomic E-state index is -2.26. The number of methoxy groups -OCH3 is 1. The number of hydrogen-bond donors (Lipinski definition) is 0. The number of unbranched alkanes of at least 4 members (excludes halogenated alkanes) is 2. The van der Waals surface area contributed by atoms with Crippen molar-refractivity contribution in [2.45, 2.75) is 201 Å². The summed E-state index contributed by atoms with van der Waals surface area (Å²) in [7, 11) is 1.24. The predicted molar refractivity (Wildman–Crippen MR) is 512 cm³/mol. The molecule has 0 bridgehead atoms. The van der Waals surface area contributed by atoms with E-state index in [1.165, 1.54) is 174 Å². The SMILES string of the molecule is CCCCC#Cc1ccccc1C(=O)O[C@H]1O[C@H](C)[C@@H](OC(=O)c2ccccc2)[C@H](O[C@@H]2OC[C@@H](O[C@@H]3O[C@H](C)[C@@H](OC(=O)c4ccccc4)[C@H](OC(=O)c4ccccc4)[C@H]3O[C@@H]3O[C@H](C)[C@H](OC(=O)c4ccccc4)[C@H](OC(=O)c4ccccc4)[C@H]3OC(=O)c3ccccc3)[C@H](OC(=O)c3ccccc3)[C@H]2O[C@@H]2O[C@H](C)[C@@H](OC(=O)c3ccccc3)[C@H](OC)[C@H]2OC(=O)c2ccccc2)[C@H]1OC(=O)c1ccccc1. The summed E-state index contributed by atoms with van der Waals surface area (Å²) in [6.45, 7) is 6.90. The Morgan fingerprint density at radius 3 is 0.814 bits per heavy atom. The van der Waals surface area contributed by atoms with Gasteiger partial charge in [-0.05, 0) is 168 Å². The van der Waals surface area contributed by atoms with Gasteiger partial charge in [-0.2, -0.15) is 0 Å². The third kappa shape index (κ3) is 25.5. The van der Waals surface area contributed by atoms with Crippen molar-refractivity contribution in [1.82, 2.24) is 0 Å². The summed E-state index contributed by atoms with van der Waals surface area (Å²) in [5.41, 5.74) is -0.0838. The molecule has 0 N–H and O–H groups in total. The second-order valence-corrected chi connectivity index (χ2v) is 34.4. The summed E-state index contributed by atoms with van der Waals surface area (Å²) >= 11 is 0. The molecule has 0 saturated carbocycles. The van der Waals surface area contributed by atoms with Crippen molar-refractivity contribution in [3.63, 3.8) is 0 Å². The third-order valence-electron chi connectivity index (χ3n) is 24.5. The molecule has 5 aliphatic rings. The molecule has 0 aromatic heterocycles. The van der Waals surface area contributed by atoms with Gasteiger partial charge in [-0.1, -0.05) is 219 Å². The van der Waals surface area contributed by atoms with E-state index in [0.29, 0.717) is 6.42 Å². The van der Waals surface area contributed by atoms with Crippen LogP contribution in [0.25, 0.3) is 0 Å². The molecule has 0 amide bonds. The maximum absolute atomic E-state index is 16.0. The zero-order chi connectivity index (χ0) is 101. The molecule has 32 heteroatoms. The van der Waals surface area contributed by atoms with E-state index < -0.39 is 220 Å². The maximum atomic E-state index is 16.0. The van der Waals surface area contributed by atoms with E-state index in [0.717, 1.165) is 12.8 Å². The Kier molecular flexibility index (Phi) is 34.8. The predicted octanol–water partition coefficient (Wildman–Crippen LogP) is 15.5. The first-order chi connectivity index (χ1) is 70.5. The van der Waals surface area contributed by atoms with Gasteiger partial charge in [-0.25, -0.2) is 52.7 Å². The second kappa shape index (κ2) is 49.2. The Morgan fingerprint density at radius 2 is 0.490 bits per heavy atom. The van der Waals surface area contributed by atoms with E-state index in [2.05, 4.69) is 11.8 Å². The summed E-state index contributed by atoms with van der Waals surface area (Å²) in [4.78, 5) is 167. The van der Waals surface area contributed by atoms with E-state index >= 15 is 43.2 Å². The summed E-state index contributed by atoms with van der Waals surface area (Å²) in [6.07, 6.45) is -43.8. The highest BCUT2D eigenvalue weighted by atomic mass is 16.8. The molecule has 5 fully saturated rings. The van der Waals surface area contributed by atoms with Gasteiger partial charge in [0.25, 0.3) is 0 Å². The Labute approximate surface area is 834 Å².